The number of anilines is 1. The van der Waals surface area contributed by atoms with Gasteiger partial charge in [-0.05, 0) is 31.7 Å². The first kappa shape index (κ1) is 21.6. The Balaban J connectivity index is 1.61. The topological polar surface area (TPSA) is 97.5 Å². The first-order chi connectivity index (χ1) is 13.6. The molecule has 7 nitrogen and oxygen atoms in total. The van der Waals surface area contributed by atoms with E-state index in [9.17, 15) is 22.8 Å². The van der Waals surface area contributed by atoms with Gasteiger partial charge in [-0.25, -0.2) is 4.98 Å². The van der Waals surface area contributed by atoms with Crippen molar-refractivity contribution < 1.29 is 27.5 Å². The first-order valence-electron chi connectivity index (χ1n) is 9.30. The maximum atomic E-state index is 12.8. The Morgan fingerprint density at radius 2 is 2.03 bits per heavy atom. The molecule has 2 amide bonds. The fraction of sp³-hybridized carbons (Fsp3) is 0.611. The van der Waals surface area contributed by atoms with Crippen molar-refractivity contribution in [3.63, 3.8) is 0 Å². The maximum absolute atomic E-state index is 12.8. The number of nitrogens with one attached hydrogen (secondary N) is 1. The second-order valence-corrected chi connectivity index (χ2v) is 7.79. The van der Waals surface area contributed by atoms with Crippen LogP contribution >= 0.6 is 11.6 Å². The molecule has 0 radical (unpaired) electrons. The molecular formula is C18H22ClF3N4O3. The van der Waals surface area contributed by atoms with Crippen molar-refractivity contribution >= 4 is 29.2 Å². The summed E-state index contributed by atoms with van der Waals surface area (Å²) in [4.78, 5) is 30.2. The van der Waals surface area contributed by atoms with E-state index >= 15 is 0 Å². The van der Waals surface area contributed by atoms with Gasteiger partial charge in [0.15, 0.2) is 0 Å². The summed E-state index contributed by atoms with van der Waals surface area (Å²) in [6.07, 6.45) is -1.82. The molecule has 0 spiro atoms. The zero-order valence-electron chi connectivity index (χ0n) is 15.6. The molecule has 1 aromatic rings. The van der Waals surface area contributed by atoms with Crippen LogP contribution in [0, 0.1) is 5.92 Å². The number of ether oxygens (including phenoxy) is 1. The van der Waals surface area contributed by atoms with Crippen LogP contribution in [0.4, 0.5) is 19.0 Å². The second kappa shape index (κ2) is 8.35. The number of aromatic nitrogens is 1. The molecule has 3 N–H and O–H groups in total. The zero-order chi connectivity index (χ0) is 21.2. The fourth-order valence-electron chi connectivity index (χ4n) is 3.66. The van der Waals surface area contributed by atoms with E-state index in [4.69, 9.17) is 22.1 Å². The third-order valence-corrected chi connectivity index (χ3v) is 5.67. The Labute approximate surface area is 170 Å². The normalized spacial score (nSPS) is 23.7. The number of nitrogens with two attached hydrogens (primary N) is 1. The third-order valence-electron chi connectivity index (χ3n) is 5.39. The van der Waals surface area contributed by atoms with Gasteiger partial charge in [0.1, 0.15) is 11.4 Å². The molecule has 1 aromatic heterocycles. The summed E-state index contributed by atoms with van der Waals surface area (Å²) in [6.45, 7) is 1.37. The number of alkyl halides is 3. The number of hydrogen-bond acceptors (Lipinski definition) is 5. The number of nitrogens with zero attached hydrogens (tertiary/aromatic N) is 2. The van der Waals surface area contributed by atoms with Crippen LogP contribution in [0.5, 0.6) is 0 Å². The minimum atomic E-state index is -4.51. The number of primary amides is 1. The van der Waals surface area contributed by atoms with Gasteiger partial charge in [-0.1, -0.05) is 11.6 Å². The van der Waals surface area contributed by atoms with Crippen molar-refractivity contribution in [3.8, 4) is 0 Å². The van der Waals surface area contributed by atoms with Crippen molar-refractivity contribution in [3.05, 3.63) is 22.8 Å². The van der Waals surface area contributed by atoms with Gasteiger partial charge < -0.3 is 20.7 Å². The summed E-state index contributed by atoms with van der Waals surface area (Å²) in [7, 11) is 0. The number of amides is 2. The first-order valence-corrected chi connectivity index (χ1v) is 9.67. The second-order valence-electron chi connectivity index (χ2n) is 7.38. The van der Waals surface area contributed by atoms with Gasteiger partial charge in [-0.2, -0.15) is 13.2 Å². The molecule has 3 rings (SSSR count). The molecule has 2 aliphatic rings. The number of rotatable bonds is 4. The SMILES string of the molecule is NC(=O)[C@]1(NC(=O)C2CCN(c3ncc(C(F)(F)F)cc3Cl)CC2)CCCOC1. The van der Waals surface area contributed by atoms with Crippen molar-refractivity contribution in [2.75, 3.05) is 31.2 Å². The lowest BCUT2D eigenvalue weighted by molar-refractivity contribution is -0.139. The minimum absolute atomic E-state index is 0.0536. The van der Waals surface area contributed by atoms with E-state index in [-0.39, 0.29) is 29.3 Å². The molecule has 11 heteroatoms. The number of piperidine rings is 1. The average molecular weight is 435 g/mol. The molecule has 0 unspecified atom stereocenters. The van der Waals surface area contributed by atoms with E-state index in [1.807, 2.05) is 0 Å². The van der Waals surface area contributed by atoms with Crippen LogP contribution in [0.1, 0.15) is 31.2 Å². The standard InChI is InChI=1S/C18H22ClF3N4O3/c19-13-8-12(18(20,21)22)9-24-14(13)26-5-2-11(3-6-26)15(27)25-17(16(23)28)4-1-7-29-10-17/h8-9,11H,1-7,10H2,(H2,23,28)(H,25,27)/t17-/m0/s1. The smallest absolute Gasteiger partial charge is 0.378 e. The number of hydrogen-bond donors (Lipinski definition) is 2. The Bertz CT molecular complexity index is 776. The molecular weight excluding hydrogens is 413 g/mol. The van der Waals surface area contributed by atoms with Gasteiger partial charge >= 0.3 is 6.18 Å². The van der Waals surface area contributed by atoms with E-state index < -0.39 is 23.2 Å². The average Bonchev–Trinajstić information content (AvgIpc) is 2.68. The van der Waals surface area contributed by atoms with Gasteiger partial charge in [0.25, 0.3) is 0 Å². The van der Waals surface area contributed by atoms with Crippen LogP contribution in [0.3, 0.4) is 0 Å². The molecule has 160 valence electrons. The minimum Gasteiger partial charge on any atom is -0.378 e. The van der Waals surface area contributed by atoms with Crippen LogP contribution in [0.25, 0.3) is 0 Å². The lowest BCUT2D eigenvalue weighted by Crippen LogP contribution is -2.63. The van der Waals surface area contributed by atoms with Crippen LogP contribution in [0.15, 0.2) is 12.3 Å². The fourth-order valence-corrected chi connectivity index (χ4v) is 3.94. The van der Waals surface area contributed by atoms with E-state index in [2.05, 4.69) is 10.3 Å². The molecule has 2 saturated heterocycles. The Morgan fingerprint density at radius 3 is 2.55 bits per heavy atom. The Morgan fingerprint density at radius 1 is 1.34 bits per heavy atom. The van der Waals surface area contributed by atoms with Crippen molar-refractivity contribution in [2.45, 2.75) is 37.4 Å². The van der Waals surface area contributed by atoms with E-state index in [0.717, 1.165) is 12.3 Å². The summed E-state index contributed by atoms with van der Waals surface area (Å²) in [5.74, 6) is -0.991. The van der Waals surface area contributed by atoms with Crippen LogP contribution in [-0.2, 0) is 20.5 Å². The van der Waals surface area contributed by atoms with E-state index in [1.54, 1.807) is 4.90 Å². The van der Waals surface area contributed by atoms with Crippen LogP contribution in [-0.4, -0.2) is 48.6 Å². The summed E-state index contributed by atoms with van der Waals surface area (Å²) in [5.41, 5.74) is 3.39. The number of pyridine rings is 1. The Kier molecular flexibility index (Phi) is 6.23. The molecule has 0 bridgehead atoms. The lowest BCUT2D eigenvalue weighted by Gasteiger charge is -2.38. The predicted octanol–water partition coefficient (Wildman–Crippen LogP) is 2.12. The van der Waals surface area contributed by atoms with E-state index in [1.165, 1.54) is 0 Å². The Hall–Kier alpha value is -2.07. The summed E-state index contributed by atoms with van der Waals surface area (Å²) < 4.78 is 43.6. The monoisotopic (exact) mass is 434 g/mol. The highest BCUT2D eigenvalue weighted by Crippen LogP contribution is 2.34. The van der Waals surface area contributed by atoms with Crippen molar-refractivity contribution in [1.82, 2.24) is 10.3 Å². The summed E-state index contributed by atoms with van der Waals surface area (Å²) in [6, 6.07) is 0.850. The van der Waals surface area contributed by atoms with Gasteiger partial charge in [-0.15, -0.1) is 0 Å². The molecule has 3 heterocycles. The van der Waals surface area contributed by atoms with Gasteiger partial charge in [-0.3, -0.25) is 9.59 Å². The highest BCUT2D eigenvalue weighted by Gasteiger charge is 2.42. The van der Waals surface area contributed by atoms with Gasteiger partial charge in [0.05, 0.1) is 17.2 Å². The summed E-state index contributed by atoms with van der Waals surface area (Å²) >= 11 is 6.00. The van der Waals surface area contributed by atoms with E-state index in [0.29, 0.717) is 45.4 Å². The molecule has 2 fully saturated rings. The largest absolute Gasteiger partial charge is 0.417 e. The molecule has 0 aliphatic carbocycles. The lowest BCUT2D eigenvalue weighted by atomic mass is 9.89. The maximum Gasteiger partial charge on any atom is 0.417 e. The number of halogens is 4. The number of carbonyl (C=O) groups excluding carboxylic acids is 2. The zero-order valence-corrected chi connectivity index (χ0v) is 16.4. The highest BCUT2D eigenvalue weighted by molar-refractivity contribution is 6.33. The van der Waals surface area contributed by atoms with Crippen molar-refractivity contribution in [2.24, 2.45) is 11.7 Å². The van der Waals surface area contributed by atoms with Gasteiger partial charge in [0.2, 0.25) is 11.8 Å². The van der Waals surface area contributed by atoms with Crippen LogP contribution < -0.4 is 16.0 Å². The summed E-state index contributed by atoms with van der Waals surface area (Å²) in [5, 5.41) is 2.68. The number of carbonyl (C=O) groups is 2. The molecule has 1 atom stereocenters. The molecule has 2 aliphatic heterocycles. The third kappa shape index (κ3) is 4.75. The van der Waals surface area contributed by atoms with Gasteiger partial charge in [0, 0.05) is 31.8 Å². The molecule has 29 heavy (non-hydrogen) atoms. The molecule has 0 aromatic carbocycles. The predicted molar refractivity (Wildman–Crippen MR) is 99.3 cm³/mol. The quantitative estimate of drug-likeness (QED) is 0.756. The molecule has 0 saturated carbocycles. The van der Waals surface area contributed by atoms with Crippen molar-refractivity contribution in [1.29, 1.82) is 0 Å². The highest BCUT2D eigenvalue weighted by atomic mass is 35.5. The van der Waals surface area contributed by atoms with Crippen LogP contribution in [0.2, 0.25) is 5.02 Å².